The summed E-state index contributed by atoms with van der Waals surface area (Å²) in [7, 11) is -3.73. The Hall–Kier alpha value is -1.84. The van der Waals surface area contributed by atoms with E-state index in [1.807, 2.05) is 0 Å². The van der Waals surface area contributed by atoms with E-state index in [1.165, 1.54) is 22.5 Å². The van der Waals surface area contributed by atoms with Crippen LogP contribution < -0.4 is 0 Å². The van der Waals surface area contributed by atoms with Gasteiger partial charge in [0.15, 0.2) is 5.82 Å². The second kappa shape index (κ2) is 6.96. The number of piperidine rings is 1. The van der Waals surface area contributed by atoms with Gasteiger partial charge in [0, 0.05) is 13.1 Å². The monoisotopic (exact) mass is 355 g/mol. The molecular weight excluding hydrogens is 337 g/mol. The number of benzene rings is 1. The molecule has 0 spiro atoms. The molecule has 3 rings (SSSR count). The van der Waals surface area contributed by atoms with Crippen LogP contribution in [0.2, 0.25) is 0 Å². The van der Waals surface area contributed by atoms with Gasteiger partial charge in [-0.15, -0.1) is 0 Å². The molecule has 130 valence electrons. The second-order valence-electron chi connectivity index (χ2n) is 5.63. The lowest BCUT2D eigenvalue weighted by Crippen LogP contribution is -2.43. The van der Waals surface area contributed by atoms with E-state index in [2.05, 4.69) is 10.1 Å². The third-order valence-electron chi connectivity index (χ3n) is 3.79. The first kappa shape index (κ1) is 17.0. The molecule has 1 aliphatic rings. The second-order valence-corrected chi connectivity index (χ2v) is 7.57. The average molecular weight is 355 g/mol. The molecule has 0 amide bonds. The van der Waals surface area contributed by atoms with Crippen molar-refractivity contribution in [3.05, 3.63) is 41.8 Å². The summed E-state index contributed by atoms with van der Waals surface area (Å²) in [6.45, 7) is 2.45. The molecule has 2 aromatic rings. The Morgan fingerprint density at radius 2 is 2.29 bits per heavy atom. The van der Waals surface area contributed by atoms with Crippen molar-refractivity contribution in [3.63, 3.8) is 0 Å². The SMILES string of the molecule is Cc1noc(COC2CCCN(S(=O)(=O)c3cccc(F)c3)C2)n1. The minimum atomic E-state index is -3.73. The summed E-state index contributed by atoms with van der Waals surface area (Å²) in [5.74, 6) is 0.304. The van der Waals surface area contributed by atoms with E-state index in [0.29, 0.717) is 24.7 Å². The molecule has 0 bridgehead atoms. The van der Waals surface area contributed by atoms with E-state index in [9.17, 15) is 12.8 Å². The van der Waals surface area contributed by atoms with Gasteiger partial charge in [0.25, 0.3) is 5.89 Å². The highest BCUT2D eigenvalue weighted by atomic mass is 32.2. The smallest absolute Gasteiger partial charge is 0.252 e. The zero-order valence-corrected chi connectivity index (χ0v) is 14.0. The van der Waals surface area contributed by atoms with Gasteiger partial charge in [0.2, 0.25) is 10.0 Å². The van der Waals surface area contributed by atoms with Crippen LogP contribution in [-0.2, 0) is 21.4 Å². The Labute approximate surface area is 139 Å². The molecule has 0 saturated carbocycles. The van der Waals surface area contributed by atoms with Gasteiger partial charge < -0.3 is 9.26 Å². The molecule has 0 aliphatic carbocycles. The summed E-state index contributed by atoms with van der Waals surface area (Å²) >= 11 is 0. The first-order chi connectivity index (χ1) is 11.4. The highest BCUT2D eigenvalue weighted by Crippen LogP contribution is 2.23. The summed E-state index contributed by atoms with van der Waals surface area (Å²) < 4.78 is 50.6. The molecule has 1 aliphatic heterocycles. The number of nitrogens with zero attached hydrogens (tertiary/aromatic N) is 3. The molecule has 9 heteroatoms. The number of hydrogen-bond donors (Lipinski definition) is 0. The van der Waals surface area contributed by atoms with Crippen molar-refractivity contribution in [2.45, 2.75) is 37.4 Å². The van der Waals surface area contributed by atoms with Gasteiger partial charge in [0.05, 0.1) is 11.0 Å². The van der Waals surface area contributed by atoms with Crippen molar-refractivity contribution in [3.8, 4) is 0 Å². The number of hydrogen-bond acceptors (Lipinski definition) is 6. The van der Waals surface area contributed by atoms with Crippen molar-refractivity contribution < 1.29 is 22.1 Å². The normalized spacial score (nSPS) is 19.5. The average Bonchev–Trinajstić information content (AvgIpc) is 2.99. The fourth-order valence-electron chi connectivity index (χ4n) is 2.62. The zero-order valence-electron chi connectivity index (χ0n) is 13.2. The van der Waals surface area contributed by atoms with Gasteiger partial charge in [-0.2, -0.15) is 9.29 Å². The van der Waals surface area contributed by atoms with Gasteiger partial charge in [-0.1, -0.05) is 11.2 Å². The van der Waals surface area contributed by atoms with Crippen molar-refractivity contribution in [2.24, 2.45) is 0 Å². The van der Waals surface area contributed by atoms with E-state index in [-0.39, 0.29) is 24.2 Å². The Bertz CT molecular complexity index is 809. The molecule has 0 radical (unpaired) electrons. The molecule has 1 unspecified atom stereocenters. The number of ether oxygens (including phenoxy) is 1. The van der Waals surface area contributed by atoms with Gasteiger partial charge in [-0.05, 0) is 38.0 Å². The van der Waals surface area contributed by atoms with Crippen LogP contribution in [0.4, 0.5) is 4.39 Å². The lowest BCUT2D eigenvalue weighted by molar-refractivity contribution is -0.00296. The quantitative estimate of drug-likeness (QED) is 0.814. The highest BCUT2D eigenvalue weighted by Gasteiger charge is 2.31. The maximum Gasteiger partial charge on any atom is 0.252 e. The van der Waals surface area contributed by atoms with Crippen LogP contribution in [0.1, 0.15) is 24.6 Å². The zero-order chi connectivity index (χ0) is 17.2. The molecule has 2 heterocycles. The van der Waals surface area contributed by atoms with Crippen LogP contribution >= 0.6 is 0 Å². The molecule has 24 heavy (non-hydrogen) atoms. The Kier molecular flexibility index (Phi) is 4.93. The van der Waals surface area contributed by atoms with Gasteiger partial charge in [-0.3, -0.25) is 0 Å². The standard InChI is InChI=1S/C15H18FN3O4S/c1-11-17-15(23-18-11)10-22-13-5-3-7-19(9-13)24(20,21)14-6-2-4-12(16)8-14/h2,4,6,8,13H,3,5,7,9-10H2,1H3. The molecule has 1 saturated heterocycles. The number of aromatic nitrogens is 2. The minimum Gasteiger partial charge on any atom is -0.367 e. The summed E-state index contributed by atoms with van der Waals surface area (Å²) in [5.41, 5.74) is 0. The van der Waals surface area contributed by atoms with Gasteiger partial charge in [0.1, 0.15) is 12.4 Å². The van der Waals surface area contributed by atoms with Crippen molar-refractivity contribution in [1.29, 1.82) is 0 Å². The lowest BCUT2D eigenvalue weighted by atomic mass is 10.1. The predicted molar refractivity (Wildman–Crippen MR) is 82.0 cm³/mol. The largest absolute Gasteiger partial charge is 0.367 e. The summed E-state index contributed by atoms with van der Waals surface area (Å²) in [6.07, 6.45) is 1.14. The van der Waals surface area contributed by atoms with E-state index < -0.39 is 15.8 Å². The fraction of sp³-hybridized carbons (Fsp3) is 0.467. The van der Waals surface area contributed by atoms with Crippen molar-refractivity contribution in [2.75, 3.05) is 13.1 Å². The summed E-state index contributed by atoms with van der Waals surface area (Å²) in [4.78, 5) is 4.00. The lowest BCUT2D eigenvalue weighted by Gasteiger charge is -2.31. The molecule has 0 N–H and O–H groups in total. The first-order valence-electron chi connectivity index (χ1n) is 7.61. The first-order valence-corrected chi connectivity index (χ1v) is 9.05. The molecule has 1 fully saturated rings. The van der Waals surface area contributed by atoms with Crippen molar-refractivity contribution >= 4 is 10.0 Å². The van der Waals surface area contributed by atoms with E-state index in [4.69, 9.17) is 9.26 Å². The summed E-state index contributed by atoms with van der Waals surface area (Å²) in [5, 5.41) is 3.67. The van der Waals surface area contributed by atoms with Crippen LogP contribution in [0.5, 0.6) is 0 Å². The molecule has 7 nitrogen and oxygen atoms in total. The van der Waals surface area contributed by atoms with Crippen molar-refractivity contribution in [1.82, 2.24) is 14.4 Å². The maximum atomic E-state index is 13.3. The fourth-order valence-corrected chi connectivity index (χ4v) is 4.17. The molecule has 1 aromatic carbocycles. The molecular formula is C15H18FN3O4S. The van der Waals surface area contributed by atoms with Crippen LogP contribution in [0.15, 0.2) is 33.7 Å². The Balaban J connectivity index is 1.66. The number of rotatable bonds is 5. The summed E-state index contributed by atoms with van der Waals surface area (Å²) in [6, 6.07) is 5.02. The Morgan fingerprint density at radius 1 is 1.46 bits per heavy atom. The predicted octanol–water partition coefficient (Wildman–Crippen LogP) is 1.89. The minimum absolute atomic E-state index is 0.0457. The molecule has 1 atom stereocenters. The van der Waals surface area contributed by atoms with Crippen LogP contribution in [-0.4, -0.2) is 42.1 Å². The van der Waals surface area contributed by atoms with Gasteiger partial charge >= 0.3 is 0 Å². The Morgan fingerprint density at radius 3 is 3.00 bits per heavy atom. The van der Waals surface area contributed by atoms with E-state index >= 15 is 0 Å². The van der Waals surface area contributed by atoms with E-state index in [0.717, 1.165) is 12.5 Å². The molecule has 1 aromatic heterocycles. The number of halogens is 1. The van der Waals surface area contributed by atoms with Crippen LogP contribution in [0, 0.1) is 12.7 Å². The van der Waals surface area contributed by atoms with Crippen LogP contribution in [0.3, 0.4) is 0 Å². The highest BCUT2D eigenvalue weighted by molar-refractivity contribution is 7.89. The maximum absolute atomic E-state index is 13.3. The third kappa shape index (κ3) is 3.80. The third-order valence-corrected chi connectivity index (χ3v) is 5.65. The van der Waals surface area contributed by atoms with E-state index in [1.54, 1.807) is 6.92 Å². The van der Waals surface area contributed by atoms with Crippen LogP contribution in [0.25, 0.3) is 0 Å². The number of sulfonamides is 1. The van der Waals surface area contributed by atoms with Gasteiger partial charge in [-0.25, -0.2) is 12.8 Å². The topological polar surface area (TPSA) is 85.5 Å². The number of aryl methyl sites for hydroxylation is 1.